The van der Waals surface area contributed by atoms with Crippen molar-refractivity contribution in [2.45, 2.75) is 0 Å². The highest BCUT2D eigenvalue weighted by Crippen LogP contribution is 2.26. The average molecular weight is 376 g/mol. The fourth-order valence-electron chi connectivity index (χ4n) is 1.49. The number of pyridine rings is 1. The van der Waals surface area contributed by atoms with Crippen molar-refractivity contribution in [2.75, 3.05) is 10.7 Å². The number of nitrogens with zero attached hydrogens (tertiary/aromatic N) is 1. The Morgan fingerprint density at radius 3 is 2.65 bits per heavy atom. The number of hydrazine groups is 1. The fraction of sp³-hybridized carbons (Fsp3) is 0. The zero-order chi connectivity index (χ0) is 14.7. The predicted molar refractivity (Wildman–Crippen MR) is 84.2 cm³/mol. The van der Waals surface area contributed by atoms with E-state index in [1.165, 1.54) is 12.1 Å². The van der Waals surface area contributed by atoms with E-state index in [0.29, 0.717) is 26.6 Å². The van der Waals surface area contributed by atoms with E-state index < -0.39 is 0 Å². The molecule has 20 heavy (non-hydrogen) atoms. The van der Waals surface area contributed by atoms with Crippen molar-refractivity contribution in [2.24, 2.45) is 5.84 Å². The summed E-state index contributed by atoms with van der Waals surface area (Å²) in [6.07, 6.45) is 0. The number of anilines is 2. The number of carbonyl (C=O) groups excluding carboxylic acids is 1. The molecule has 0 saturated carbocycles. The SMILES string of the molecule is NNc1cc(C(=O)Nc2ccc(Cl)cc2Br)cc(Cl)n1. The van der Waals surface area contributed by atoms with E-state index in [-0.39, 0.29) is 11.1 Å². The van der Waals surface area contributed by atoms with Crippen molar-refractivity contribution in [3.63, 3.8) is 0 Å². The molecule has 1 amide bonds. The summed E-state index contributed by atoms with van der Waals surface area (Å²) in [7, 11) is 0. The van der Waals surface area contributed by atoms with E-state index in [4.69, 9.17) is 29.0 Å². The van der Waals surface area contributed by atoms with Crippen LogP contribution in [0.2, 0.25) is 10.2 Å². The van der Waals surface area contributed by atoms with Gasteiger partial charge in [-0.25, -0.2) is 10.8 Å². The van der Waals surface area contributed by atoms with E-state index in [1.807, 2.05) is 0 Å². The molecule has 0 saturated heterocycles. The molecule has 0 radical (unpaired) electrons. The molecule has 2 aromatic rings. The van der Waals surface area contributed by atoms with Gasteiger partial charge in [-0.1, -0.05) is 23.2 Å². The van der Waals surface area contributed by atoms with Crippen LogP contribution in [0.1, 0.15) is 10.4 Å². The Balaban J connectivity index is 2.26. The van der Waals surface area contributed by atoms with Crippen LogP contribution in [0.3, 0.4) is 0 Å². The fourth-order valence-corrected chi connectivity index (χ4v) is 2.48. The first kappa shape index (κ1) is 15.1. The quantitative estimate of drug-likeness (QED) is 0.434. The second kappa shape index (κ2) is 6.41. The predicted octanol–water partition coefficient (Wildman–Crippen LogP) is 3.69. The number of carbonyl (C=O) groups is 1. The summed E-state index contributed by atoms with van der Waals surface area (Å²) in [5.74, 6) is 5.22. The van der Waals surface area contributed by atoms with E-state index >= 15 is 0 Å². The first-order chi connectivity index (χ1) is 9.49. The maximum atomic E-state index is 12.2. The zero-order valence-corrected chi connectivity index (χ0v) is 13.1. The molecule has 2 rings (SSSR count). The van der Waals surface area contributed by atoms with Crippen molar-refractivity contribution >= 4 is 56.5 Å². The maximum Gasteiger partial charge on any atom is 0.255 e. The third-order valence-corrected chi connectivity index (χ3v) is 3.47. The molecule has 0 fully saturated rings. The number of nitrogen functional groups attached to an aromatic ring is 1. The lowest BCUT2D eigenvalue weighted by atomic mass is 10.2. The average Bonchev–Trinajstić information content (AvgIpc) is 2.41. The third kappa shape index (κ3) is 3.61. The minimum Gasteiger partial charge on any atom is -0.321 e. The minimum atomic E-state index is -0.339. The Hall–Kier alpha value is -1.34. The van der Waals surface area contributed by atoms with Crippen LogP contribution in [-0.4, -0.2) is 10.9 Å². The summed E-state index contributed by atoms with van der Waals surface area (Å²) in [5, 5.41) is 3.47. The van der Waals surface area contributed by atoms with Gasteiger partial charge in [-0.2, -0.15) is 0 Å². The summed E-state index contributed by atoms with van der Waals surface area (Å²) in [4.78, 5) is 16.0. The molecule has 0 bridgehead atoms. The number of hydrogen-bond acceptors (Lipinski definition) is 4. The third-order valence-electron chi connectivity index (χ3n) is 2.38. The highest BCUT2D eigenvalue weighted by atomic mass is 79.9. The summed E-state index contributed by atoms with van der Waals surface area (Å²) >= 11 is 15.0. The summed E-state index contributed by atoms with van der Waals surface area (Å²) in [6, 6.07) is 7.99. The van der Waals surface area contributed by atoms with Crippen LogP contribution in [0.4, 0.5) is 11.5 Å². The lowest BCUT2D eigenvalue weighted by Crippen LogP contribution is -2.15. The van der Waals surface area contributed by atoms with Gasteiger partial charge < -0.3 is 10.7 Å². The topological polar surface area (TPSA) is 80.0 Å². The van der Waals surface area contributed by atoms with Crippen LogP contribution in [0.25, 0.3) is 0 Å². The van der Waals surface area contributed by atoms with Crippen molar-refractivity contribution < 1.29 is 4.79 Å². The second-order valence-electron chi connectivity index (χ2n) is 3.79. The van der Waals surface area contributed by atoms with Gasteiger partial charge in [-0.15, -0.1) is 0 Å². The molecule has 1 aromatic heterocycles. The lowest BCUT2D eigenvalue weighted by Gasteiger charge is -2.09. The first-order valence-corrected chi connectivity index (χ1v) is 6.95. The van der Waals surface area contributed by atoms with Crippen LogP contribution < -0.4 is 16.6 Å². The standard InChI is InChI=1S/C12H9BrCl2N4O/c13-8-5-7(14)1-2-9(8)17-12(20)6-3-10(15)18-11(4-6)19-16/h1-5H,16H2,(H,17,20)(H,18,19). The number of halogens is 3. The second-order valence-corrected chi connectivity index (χ2v) is 5.46. The number of amides is 1. The minimum absolute atomic E-state index is 0.167. The maximum absolute atomic E-state index is 12.2. The van der Waals surface area contributed by atoms with Gasteiger partial charge in [0.15, 0.2) is 0 Å². The van der Waals surface area contributed by atoms with Crippen molar-refractivity contribution in [1.82, 2.24) is 4.98 Å². The smallest absolute Gasteiger partial charge is 0.255 e. The van der Waals surface area contributed by atoms with Gasteiger partial charge in [-0.05, 0) is 46.3 Å². The largest absolute Gasteiger partial charge is 0.321 e. The van der Waals surface area contributed by atoms with Crippen molar-refractivity contribution in [3.8, 4) is 0 Å². The van der Waals surface area contributed by atoms with Gasteiger partial charge in [0.25, 0.3) is 5.91 Å². The van der Waals surface area contributed by atoms with Gasteiger partial charge in [0.2, 0.25) is 0 Å². The Labute approximate surface area is 133 Å². The van der Waals surface area contributed by atoms with E-state index in [0.717, 1.165) is 0 Å². The molecular formula is C12H9BrCl2N4O. The summed E-state index contributed by atoms with van der Waals surface area (Å²) in [6.45, 7) is 0. The highest BCUT2D eigenvalue weighted by molar-refractivity contribution is 9.10. The van der Waals surface area contributed by atoms with Gasteiger partial charge >= 0.3 is 0 Å². The van der Waals surface area contributed by atoms with Gasteiger partial charge in [-0.3, -0.25) is 4.79 Å². The number of nitrogens with one attached hydrogen (secondary N) is 2. The molecule has 0 aliphatic heterocycles. The van der Waals surface area contributed by atoms with E-state index in [1.54, 1.807) is 18.2 Å². The Kier molecular flexibility index (Phi) is 4.82. The molecule has 1 heterocycles. The van der Waals surface area contributed by atoms with E-state index in [2.05, 4.69) is 31.7 Å². The Morgan fingerprint density at radius 2 is 2.00 bits per heavy atom. The zero-order valence-electron chi connectivity index (χ0n) is 9.95. The molecule has 1 aromatic carbocycles. The molecule has 8 heteroatoms. The molecule has 0 aliphatic rings. The molecule has 4 N–H and O–H groups in total. The van der Waals surface area contributed by atoms with Crippen molar-refractivity contribution in [3.05, 3.63) is 50.5 Å². The summed E-state index contributed by atoms with van der Waals surface area (Å²) < 4.78 is 0.677. The monoisotopic (exact) mass is 374 g/mol. The number of hydrogen-bond donors (Lipinski definition) is 3. The molecular weight excluding hydrogens is 367 g/mol. The molecule has 5 nitrogen and oxygen atoms in total. The van der Waals surface area contributed by atoms with Crippen LogP contribution in [0, 0.1) is 0 Å². The number of nitrogens with two attached hydrogens (primary N) is 1. The van der Waals surface area contributed by atoms with Crippen molar-refractivity contribution in [1.29, 1.82) is 0 Å². The van der Waals surface area contributed by atoms with Crippen LogP contribution in [0.5, 0.6) is 0 Å². The normalized spacial score (nSPS) is 10.2. The van der Waals surface area contributed by atoms with Gasteiger partial charge in [0.05, 0.1) is 5.69 Å². The molecule has 0 atom stereocenters. The van der Waals surface area contributed by atoms with Crippen LogP contribution in [0.15, 0.2) is 34.8 Å². The van der Waals surface area contributed by atoms with Gasteiger partial charge in [0.1, 0.15) is 11.0 Å². The van der Waals surface area contributed by atoms with Gasteiger partial charge in [0, 0.05) is 15.1 Å². The molecule has 104 valence electrons. The molecule has 0 spiro atoms. The summed E-state index contributed by atoms with van der Waals surface area (Å²) in [5.41, 5.74) is 3.27. The molecule has 0 aliphatic carbocycles. The lowest BCUT2D eigenvalue weighted by molar-refractivity contribution is 0.102. The Morgan fingerprint density at radius 1 is 1.25 bits per heavy atom. The highest BCUT2D eigenvalue weighted by Gasteiger charge is 2.11. The first-order valence-electron chi connectivity index (χ1n) is 5.40. The van der Waals surface area contributed by atoms with Crippen LogP contribution in [-0.2, 0) is 0 Å². The Bertz CT molecular complexity index is 666. The number of rotatable bonds is 3. The number of benzene rings is 1. The molecule has 0 unspecified atom stereocenters. The number of aromatic nitrogens is 1. The van der Waals surface area contributed by atoms with Crippen LogP contribution >= 0.6 is 39.1 Å². The van der Waals surface area contributed by atoms with E-state index in [9.17, 15) is 4.79 Å².